The van der Waals surface area contributed by atoms with Gasteiger partial charge in [0.05, 0.1) is 35.7 Å². The van der Waals surface area contributed by atoms with Crippen molar-refractivity contribution in [1.82, 2.24) is 29.5 Å². The fourth-order valence-corrected chi connectivity index (χ4v) is 8.92. The van der Waals surface area contributed by atoms with Gasteiger partial charge in [-0.25, -0.2) is 4.39 Å². The quantitative estimate of drug-likeness (QED) is 0.400. The van der Waals surface area contributed by atoms with E-state index in [-0.39, 0.29) is 16.9 Å². The highest BCUT2D eigenvalue weighted by molar-refractivity contribution is 5.92. The molecule has 5 aliphatic rings. The predicted molar refractivity (Wildman–Crippen MR) is 180 cm³/mol. The lowest BCUT2D eigenvalue weighted by molar-refractivity contribution is -0.0906. The molecule has 3 unspecified atom stereocenters. The molecule has 8 rings (SSSR count). The molecule has 48 heavy (non-hydrogen) atoms. The SMILES string of the molecule is CN(C)C(=O)c1cc2n(n1)CCCN(c1nc(OCC34CCCN3CC(F)C4)nc3c1COC1(CCC(C)(C)c4ccc(N)cc41)C3)C2. The zero-order chi connectivity index (χ0) is 33.4. The van der Waals surface area contributed by atoms with Gasteiger partial charge in [-0.1, -0.05) is 19.9 Å². The monoisotopic (exact) mass is 658 g/mol. The van der Waals surface area contributed by atoms with Crippen molar-refractivity contribution in [2.24, 2.45) is 0 Å². The Balaban J connectivity index is 1.17. The van der Waals surface area contributed by atoms with Crippen LogP contribution in [0.3, 0.4) is 0 Å². The van der Waals surface area contributed by atoms with Crippen molar-refractivity contribution in [3.63, 3.8) is 0 Å². The number of hydrogen-bond donors (Lipinski definition) is 1. The number of aryl methyl sites for hydroxylation is 1. The Hall–Kier alpha value is -3.77. The minimum Gasteiger partial charge on any atom is -0.461 e. The van der Waals surface area contributed by atoms with Crippen molar-refractivity contribution >= 4 is 17.4 Å². The fraction of sp³-hybridized carbons (Fsp3) is 0.611. The van der Waals surface area contributed by atoms with E-state index in [1.807, 2.05) is 16.8 Å². The summed E-state index contributed by atoms with van der Waals surface area (Å²) in [6, 6.07) is 8.45. The van der Waals surface area contributed by atoms with Crippen molar-refractivity contribution < 1.29 is 18.7 Å². The number of benzene rings is 1. The Morgan fingerprint density at radius 1 is 1.10 bits per heavy atom. The van der Waals surface area contributed by atoms with Crippen molar-refractivity contribution in [3.8, 4) is 6.01 Å². The summed E-state index contributed by atoms with van der Waals surface area (Å²) >= 11 is 0. The third kappa shape index (κ3) is 5.22. The Morgan fingerprint density at radius 3 is 2.79 bits per heavy atom. The molecule has 12 heteroatoms. The van der Waals surface area contributed by atoms with Gasteiger partial charge in [0.1, 0.15) is 18.6 Å². The largest absolute Gasteiger partial charge is 0.461 e. The Kier molecular flexibility index (Phi) is 7.48. The van der Waals surface area contributed by atoms with Gasteiger partial charge in [-0.3, -0.25) is 14.4 Å². The molecule has 1 aliphatic carbocycles. The lowest BCUT2D eigenvalue weighted by Crippen LogP contribution is -2.45. The summed E-state index contributed by atoms with van der Waals surface area (Å²) in [5.41, 5.74) is 11.9. The van der Waals surface area contributed by atoms with Gasteiger partial charge >= 0.3 is 6.01 Å². The first-order valence-corrected chi connectivity index (χ1v) is 17.4. The first kappa shape index (κ1) is 31.5. The van der Waals surface area contributed by atoms with E-state index in [1.165, 1.54) is 5.56 Å². The number of carbonyl (C=O) groups excluding carboxylic acids is 1. The van der Waals surface area contributed by atoms with E-state index < -0.39 is 11.8 Å². The first-order valence-electron chi connectivity index (χ1n) is 17.4. The van der Waals surface area contributed by atoms with Crippen LogP contribution in [0.1, 0.15) is 90.9 Å². The summed E-state index contributed by atoms with van der Waals surface area (Å²) in [5.74, 6) is 0.676. The number of nitrogens with zero attached hydrogens (tertiary/aromatic N) is 7. The van der Waals surface area contributed by atoms with E-state index in [9.17, 15) is 9.18 Å². The maximum Gasteiger partial charge on any atom is 0.318 e. The highest BCUT2D eigenvalue weighted by atomic mass is 19.1. The summed E-state index contributed by atoms with van der Waals surface area (Å²) in [4.78, 5) is 29.0. The molecule has 2 aromatic heterocycles. The van der Waals surface area contributed by atoms with Crippen LogP contribution in [-0.4, -0.2) is 87.5 Å². The molecule has 0 saturated carbocycles. The van der Waals surface area contributed by atoms with Gasteiger partial charge in [0.25, 0.3) is 5.91 Å². The van der Waals surface area contributed by atoms with Crippen LogP contribution in [0.15, 0.2) is 24.3 Å². The van der Waals surface area contributed by atoms with Gasteiger partial charge in [-0.05, 0) is 73.4 Å². The zero-order valence-corrected chi connectivity index (χ0v) is 28.6. The van der Waals surface area contributed by atoms with Crippen LogP contribution in [0, 0.1) is 0 Å². The summed E-state index contributed by atoms with van der Waals surface area (Å²) in [7, 11) is 3.48. The van der Waals surface area contributed by atoms with Gasteiger partial charge in [-0.15, -0.1) is 0 Å². The molecule has 3 atom stereocenters. The minimum atomic E-state index is -0.833. The van der Waals surface area contributed by atoms with Gasteiger partial charge in [0.15, 0.2) is 5.69 Å². The molecule has 3 aromatic rings. The van der Waals surface area contributed by atoms with Gasteiger partial charge < -0.3 is 25.0 Å². The molecule has 1 aromatic carbocycles. The number of aromatic nitrogens is 4. The lowest BCUT2D eigenvalue weighted by atomic mass is 9.65. The lowest BCUT2D eigenvalue weighted by Gasteiger charge is -2.47. The summed E-state index contributed by atoms with van der Waals surface area (Å²) in [6.45, 7) is 8.67. The number of amides is 1. The van der Waals surface area contributed by atoms with Crippen molar-refractivity contribution in [2.45, 2.75) is 101 Å². The van der Waals surface area contributed by atoms with Crippen LogP contribution in [0.25, 0.3) is 0 Å². The van der Waals surface area contributed by atoms with Crippen molar-refractivity contribution in [1.29, 1.82) is 0 Å². The third-order valence-electron chi connectivity index (χ3n) is 11.6. The van der Waals surface area contributed by atoms with Crippen molar-refractivity contribution in [2.75, 3.05) is 51.0 Å². The smallest absolute Gasteiger partial charge is 0.318 e. The van der Waals surface area contributed by atoms with Crippen LogP contribution >= 0.6 is 0 Å². The van der Waals surface area contributed by atoms with E-state index in [4.69, 9.17) is 25.2 Å². The summed E-state index contributed by atoms with van der Waals surface area (Å²) in [5, 5.41) is 4.64. The summed E-state index contributed by atoms with van der Waals surface area (Å²) < 4.78 is 30.0. The number of ether oxygens (including phenoxy) is 2. The number of hydrogen-bond acceptors (Lipinski definition) is 9. The number of halogens is 1. The molecule has 0 radical (unpaired) electrons. The van der Waals surface area contributed by atoms with Gasteiger partial charge in [0.2, 0.25) is 0 Å². The normalized spacial score (nSPS) is 27.6. The average Bonchev–Trinajstić information content (AvgIpc) is 3.68. The minimum absolute atomic E-state index is 0.00681. The Bertz CT molecular complexity index is 1760. The molecule has 2 saturated heterocycles. The third-order valence-corrected chi connectivity index (χ3v) is 11.6. The molecule has 1 amide bonds. The van der Waals surface area contributed by atoms with Crippen LogP contribution in [-0.2, 0) is 41.9 Å². The second-order valence-electron chi connectivity index (χ2n) is 15.5. The van der Waals surface area contributed by atoms with Gasteiger partial charge in [0, 0.05) is 57.8 Å². The van der Waals surface area contributed by atoms with Crippen LogP contribution in [0.2, 0.25) is 0 Å². The molecule has 2 fully saturated rings. The number of nitrogen functional groups attached to an aromatic ring is 1. The second-order valence-corrected chi connectivity index (χ2v) is 15.5. The van der Waals surface area contributed by atoms with E-state index in [0.29, 0.717) is 57.4 Å². The first-order chi connectivity index (χ1) is 23.0. The van der Waals surface area contributed by atoms with Crippen LogP contribution in [0.5, 0.6) is 6.01 Å². The second kappa shape index (κ2) is 11.4. The Labute approximate surface area is 281 Å². The molecular formula is C36H47FN8O3. The zero-order valence-electron chi connectivity index (χ0n) is 28.6. The van der Waals surface area contributed by atoms with Crippen LogP contribution in [0.4, 0.5) is 15.9 Å². The number of carbonyl (C=O) groups is 1. The van der Waals surface area contributed by atoms with E-state index in [2.05, 4.69) is 40.9 Å². The van der Waals surface area contributed by atoms with E-state index in [0.717, 1.165) is 79.2 Å². The molecule has 1 spiro atoms. The molecule has 6 heterocycles. The molecule has 0 bridgehead atoms. The standard InChI is InChI=1S/C36H47FN8O3/c1-34(2)10-11-36(28-15-24(38)7-8-27(28)34)18-30-26(21-48-36)31(40-33(39-30)47-22-35-9-5-13-44(35)19-23(37)17-35)43-12-6-14-45-25(20-43)16-29(41-45)32(46)42(3)4/h7-8,15-16,23H,5-6,9-14,17-22,38H2,1-4H3. The number of alkyl halides is 1. The highest BCUT2D eigenvalue weighted by Crippen LogP contribution is 2.51. The summed E-state index contributed by atoms with van der Waals surface area (Å²) in [6.07, 6.45) is 4.87. The average molecular weight is 659 g/mol. The topological polar surface area (TPSA) is 115 Å². The number of rotatable bonds is 5. The Morgan fingerprint density at radius 2 is 1.96 bits per heavy atom. The van der Waals surface area contributed by atoms with Crippen molar-refractivity contribution in [3.05, 3.63) is 58.0 Å². The van der Waals surface area contributed by atoms with Crippen LogP contribution < -0.4 is 15.4 Å². The number of anilines is 2. The fourth-order valence-electron chi connectivity index (χ4n) is 8.92. The molecule has 256 valence electrons. The molecular weight excluding hydrogens is 611 g/mol. The number of fused-ring (bicyclic) bond motifs is 5. The molecule has 11 nitrogen and oxygen atoms in total. The van der Waals surface area contributed by atoms with E-state index in [1.54, 1.807) is 19.0 Å². The van der Waals surface area contributed by atoms with Gasteiger partial charge in [-0.2, -0.15) is 15.1 Å². The molecule has 4 aliphatic heterocycles. The highest BCUT2D eigenvalue weighted by Gasteiger charge is 2.50. The predicted octanol–water partition coefficient (Wildman–Crippen LogP) is 4.36. The maximum absolute atomic E-state index is 14.6. The molecule has 2 N–H and O–H groups in total. The van der Waals surface area contributed by atoms with E-state index >= 15 is 0 Å². The number of nitrogens with two attached hydrogens (primary N) is 1. The maximum atomic E-state index is 14.6.